The Morgan fingerprint density at radius 1 is 1.38 bits per heavy atom. The number of amides is 1. The van der Waals surface area contributed by atoms with Crippen LogP contribution in [0.3, 0.4) is 0 Å². The zero-order chi connectivity index (χ0) is 15.5. The van der Waals surface area contributed by atoms with Gasteiger partial charge in [-0.1, -0.05) is 31.9 Å². The van der Waals surface area contributed by atoms with Gasteiger partial charge in [0.1, 0.15) is 0 Å². The molecule has 1 fully saturated rings. The first-order valence-electron chi connectivity index (χ1n) is 7.73. The van der Waals surface area contributed by atoms with E-state index >= 15 is 0 Å². The predicted octanol–water partition coefficient (Wildman–Crippen LogP) is 2.59. The summed E-state index contributed by atoms with van der Waals surface area (Å²) in [6.45, 7) is 3.07. The molecular formula is C17H27N3O. The molecule has 1 aliphatic carbocycles. The van der Waals surface area contributed by atoms with Crippen LogP contribution in [0.2, 0.25) is 0 Å². The van der Waals surface area contributed by atoms with Crippen molar-refractivity contribution in [1.29, 1.82) is 0 Å². The number of hydrogen-bond donors (Lipinski definition) is 2. The number of nitrogens with two attached hydrogens (primary N) is 1. The van der Waals surface area contributed by atoms with Crippen molar-refractivity contribution in [3.63, 3.8) is 0 Å². The molecule has 2 unspecified atom stereocenters. The second-order valence-electron chi connectivity index (χ2n) is 6.75. The quantitative estimate of drug-likeness (QED) is 0.895. The van der Waals surface area contributed by atoms with Crippen molar-refractivity contribution in [2.75, 3.05) is 19.4 Å². The van der Waals surface area contributed by atoms with Crippen molar-refractivity contribution >= 4 is 11.6 Å². The molecule has 0 aromatic heterocycles. The Bertz CT molecular complexity index is 483. The van der Waals surface area contributed by atoms with E-state index in [1.165, 1.54) is 12.0 Å². The van der Waals surface area contributed by atoms with Crippen LogP contribution >= 0.6 is 0 Å². The number of benzene rings is 1. The first kappa shape index (κ1) is 16.0. The molecule has 116 valence electrons. The van der Waals surface area contributed by atoms with Crippen molar-refractivity contribution in [2.45, 2.75) is 44.7 Å². The van der Waals surface area contributed by atoms with Gasteiger partial charge in [0.05, 0.1) is 5.54 Å². The summed E-state index contributed by atoms with van der Waals surface area (Å²) < 4.78 is 0. The van der Waals surface area contributed by atoms with Crippen molar-refractivity contribution in [2.24, 2.45) is 11.7 Å². The highest BCUT2D eigenvalue weighted by Crippen LogP contribution is 2.31. The van der Waals surface area contributed by atoms with E-state index in [9.17, 15) is 4.79 Å². The Morgan fingerprint density at radius 3 is 2.62 bits per heavy atom. The molecule has 4 nitrogen and oxygen atoms in total. The van der Waals surface area contributed by atoms with Crippen LogP contribution in [0.15, 0.2) is 24.3 Å². The lowest BCUT2D eigenvalue weighted by molar-refractivity contribution is -0.122. The predicted molar refractivity (Wildman–Crippen MR) is 87.0 cm³/mol. The van der Waals surface area contributed by atoms with Crippen LogP contribution in [0, 0.1) is 5.92 Å². The highest BCUT2D eigenvalue weighted by molar-refractivity contribution is 5.98. The van der Waals surface area contributed by atoms with Gasteiger partial charge >= 0.3 is 0 Å². The van der Waals surface area contributed by atoms with E-state index in [1.54, 1.807) is 0 Å². The molecular weight excluding hydrogens is 262 g/mol. The van der Waals surface area contributed by atoms with E-state index in [0.717, 1.165) is 31.5 Å². The molecule has 1 aromatic carbocycles. The summed E-state index contributed by atoms with van der Waals surface area (Å²) in [7, 11) is 4.08. The molecule has 21 heavy (non-hydrogen) atoms. The van der Waals surface area contributed by atoms with E-state index in [0.29, 0.717) is 5.92 Å². The van der Waals surface area contributed by atoms with Gasteiger partial charge in [0.25, 0.3) is 0 Å². The number of carbonyl (C=O) groups is 1. The van der Waals surface area contributed by atoms with Crippen molar-refractivity contribution in [3.8, 4) is 0 Å². The molecule has 2 rings (SSSR count). The summed E-state index contributed by atoms with van der Waals surface area (Å²) in [6.07, 6.45) is 3.76. The maximum Gasteiger partial charge on any atom is 0.244 e. The van der Waals surface area contributed by atoms with Crippen LogP contribution in [0.25, 0.3) is 0 Å². The fourth-order valence-corrected chi connectivity index (χ4v) is 3.11. The summed E-state index contributed by atoms with van der Waals surface area (Å²) in [5.74, 6) is 0.478. The van der Waals surface area contributed by atoms with Crippen molar-refractivity contribution < 1.29 is 4.79 Å². The lowest BCUT2D eigenvalue weighted by Gasteiger charge is -2.35. The molecule has 0 heterocycles. The summed E-state index contributed by atoms with van der Waals surface area (Å²) in [5.41, 5.74) is 7.66. The SMILES string of the molecule is CC1CCCC(N)(C(=O)Nc2ccc(CN(C)C)cc2)C1. The Hall–Kier alpha value is -1.39. The van der Waals surface area contributed by atoms with Crippen LogP contribution in [0.4, 0.5) is 5.69 Å². The van der Waals surface area contributed by atoms with Crippen LogP contribution < -0.4 is 11.1 Å². The fraction of sp³-hybridized carbons (Fsp3) is 0.588. The van der Waals surface area contributed by atoms with Gasteiger partial charge in [0, 0.05) is 12.2 Å². The first-order valence-corrected chi connectivity index (χ1v) is 7.73. The van der Waals surface area contributed by atoms with E-state index in [-0.39, 0.29) is 5.91 Å². The molecule has 1 saturated carbocycles. The van der Waals surface area contributed by atoms with E-state index in [2.05, 4.69) is 17.1 Å². The van der Waals surface area contributed by atoms with Crippen molar-refractivity contribution in [3.05, 3.63) is 29.8 Å². The highest BCUT2D eigenvalue weighted by atomic mass is 16.2. The molecule has 0 saturated heterocycles. The molecule has 0 spiro atoms. The molecule has 4 heteroatoms. The van der Waals surface area contributed by atoms with Gasteiger partial charge in [-0.3, -0.25) is 4.79 Å². The summed E-state index contributed by atoms with van der Waals surface area (Å²) in [6, 6.07) is 7.99. The average Bonchev–Trinajstić information content (AvgIpc) is 2.40. The van der Waals surface area contributed by atoms with Crippen LogP contribution in [-0.2, 0) is 11.3 Å². The molecule has 1 aliphatic rings. The Labute approximate surface area is 127 Å². The van der Waals surface area contributed by atoms with Crippen LogP contribution in [-0.4, -0.2) is 30.4 Å². The minimum atomic E-state index is -0.708. The second kappa shape index (κ2) is 6.58. The number of anilines is 1. The Morgan fingerprint density at radius 2 is 2.05 bits per heavy atom. The molecule has 0 bridgehead atoms. The fourth-order valence-electron chi connectivity index (χ4n) is 3.11. The normalized spacial score (nSPS) is 25.9. The monoisotopic (exact) mass is 289 g/mol. The van der Waals surface area contributed by atoms with Gasteiger partial charge in [-0.05, 0) is 50.6 Å². The van der Waals surface area contributed by atoms with Gasteiger partial charge in [0.15, 0.2) is 0 Å². The third kappa shape index (κ3) is 4.29. The minimum absolute atomic E-state index is 0.0468. The Balaban J connectivity index is 1.99. The molecule has 0 aliphatic heterocycles. The van der Waals surface area contributed by atoms with E-state index in [4.69, 9.17) is 5.73 Å². The topological polar surface area (TPSA) is 58.4 Å². The average molecular weight is 289 g/mol. The first-order chi connectivity index (χ1) is 9.89. The largest absolute Gasteiger partial charge is 0.324 e. The molecule has 0 radical (unpaired) electrons. The van der Waals surface area contributed by atoms with Crippen LogP contribution in [0.1, 0.15) is 38.2 Å². The van der Waals surface area contributed by atoms with Gasteiger partial charge in [0.2, 0.25) is 5.91 Å². The smallest absolute Gasteiger partial charge is 0.244 e. The molecule has 3 N–H and O–H groups in total. The number of nitrogens with one attached hydrogen (secondary N) is 1. The highest BCUT2D eigenvalue weighted by Gasteiger charge is 2.37. The minimum Gasteiger partial charge on any atom is -0.324 e. The number of carbonyl (C=O) groups excluding carboxylic acids is 1. The van der Waals surface area contributed by atoms with Gasteiger partial charge in [-0.2, -0.15) is 0 Å². The third-order valence-corrected chi connectivity index (χ3v) is 4.20. The molecule has 2 atom stereocenters. The zero-order valence-corrected chi connectivity index (χ0v) is 13.4. The molecule has 1 aromatic rings. The second-order valence-corrected chi connectivity index (χ2v) is 6.75. The summed E-state index contributed by atoms with van der Waals surface area (Å²) in [5, 5.41) is 2.98. The number of hydrogen-bond acceptors (Lipinski definition) is 3. The van der Waals surface area contributed by atoms with E-state index in [1.807, 2.05) is 38.4 Å². The summed E-state index contributed by atoms with van der Waals surface area (Å²) in [4.78, 5) is 14.6. The lowest BCUT2D eigenvalue weighted by atomic mass is 9.76. The summed E-state index contributed by atoms with van der Waals surface area (Å²) >= 11 is 0. The maximum atomic E-state index is 12.5. The third-order valence-electron chi connectivity index (χ3n) is 4.20. The number of nitrogens with zero attached hydrogens (tertiary/aromatic N) is 1. The maximum absolute atomic E-state index is 12.5. The van der Waals surface area contributed by atoms with Gasteiger partial charge in [-0.15, -0.1) is 0 Å². The lowest BCUT2D eigenvalue weighted by Crippen LogP contribution is -2.53. The molecule has 1 amide bonds. The zero-order valence-electron chi connectivity index (χ0n) is 13.4. The van der Waals surface area contributed by atoms with Gasteiger partial charge < -0.3 is 16.0 Å². The van der Waals surface area contributed by atoms with E-state index < -0.39 is 5.54 Å². The Kier molecular flexibility index (Phi) is 5.01. The van der Waals surface area contributed by atoms with Crippen LogP contribution in [0.5, 0.6) is 0 Å². The standard InChI is InChI=1S/C17H27N3O/c1-13-5-4-10-17(18,11-13)16(21)19-15-8-6-14(7-9-15)12-20(2)3/h6-9,13H,4-5,10-12,18H2,1-3H3,(H,19,21). The van der Waals surface area contributed by atoms with Crippen molar-refractivity contribution in [1.82, 2.24) is 4.90 Å². The number of rotatable bonds is 4. The van der Waals surface area contributed by atoms with Gasteiger partial charge in [-0.25, -0.2) is 0 Å².